The number of ether oxygens (including phenoxy) is 1. The first-order valence-electron chi connectivity index (χ1n) is 4.91. The van der Waals surface area contributed by atoms with Crippen molar-refractivity contribution in [1.29, 1.82) is 0 Å². The third-order valence-corrected chi connectivity index (χ3v) is 3.93. The number of rotatable bonds is 2. The molecular formula is C13H9BrCl2O. The van der Waals surface area contributed by atoms with E-state index in [9.17, 15) is 0 Å². The van der Waals surface area contributed by atoms with Gasteiger partial charge in [0.15, 0.2) is 0 Å². The van der Waals surface area contributed by atoms with Crippen LogP contribution in [0.5, 0.6) is 5.75 Å². The van der Waals surface area contributed by atoms with E-state index in [2.05, 4.69) is 15.9 Å². The van der Waals surface area contributed by atoms with Gasteiger partial charge in [-0.1, -0.05) is 35.3 Å². The zero-order valence-corrected chi connectivity index (χ0v) is 12.1. The minimum Gasteiger partial charge on any atom is -0.496 e. The van der Waals surface area contributed by atoms with Crippen molar-refractivity contribution in [2.45, 2.75) is 0 Å². The maximum Gasteiger partial charge on any atom is 0.126 e. The van der Waals surface area contributed by atoms with Crippen LogP contribution in [0.3, 0.4) is 0 Å². The van der Waals surface area contributed by atoms with Gasteiger partial charge in [0.2, 0.25) is 0 Å². The monoisotopic (exact) mass is 330 g/mol. The molecule has 0 radical (unpaired) electrons. The summed E-state index contributed by atoms with van der Waals surface area (Å²) in [6.07, 6.45) is 0. The highest BCUT2D eigenvalue weighted by atomic mass is 79.9. The van der Waals surface area contributed by atoms with Gasteiger partial charge in [-0.15, -0.1) is 0 Å². The summed E-state index contributed by atoms with van der Waals surface area (Å²) in [5.74, 6) is 0.745. The lowest BCUT2D eigenvalue weighted by Crippen LogP contribution is -1.89. The largest absolute Gasteiger partial charge is 0.496 e. The van der Waals surface area contributed by atoms with Gasteiger partial charge in [0.1, 0.15) is 5.75 Å². The Hall–Kier alpha value is -0.700. The van der Waals surface area contributed by atoms with Crippen molar-refractivity contribution in [1.82, 2.24) is 0 Å². The zero-order chi connectivity index (χ0) is 12.4. The lowest BCUT2D eigenvalue weighted by atomic mass is 10.0. The van der Waals surface area contributed by atoms with Gasteiger partial charge in [0.25, 0.3) is 0 Å². The van der Waals surface area contributed by atoms with Crippen LogP contribution >= 0.6 is 39.1 Å². The topological polar surface area (TPSA) is 9.23 Å². The van der Waals surface area contributed by atoms with Gasteiger partial charge < -0.3 is 4.74 Å². The van der Waals surface area contributed by atoms with Gasteiger partial charge in [-0.05, 0) is 40.2 Å². The van der Waals surface area contributed by atoms with Crippen molar-refractivity contribution < 1.29 is 4.74 Å². The Morgan fingerprint density at radius 1 is 1.06 bits per heavy atom. The van der Waals surface area contributed by atoms with Crippen LogP contribution in [0.15, 0.2) is 40.9 Å². The summed E-state index contributed by atoms with van der Waals surface area (Å²) in [6.45, 7) is 0. The molecule has 0 amide bonds. The summed E-state index contributed by atoms with van der Waals surface area (Å²) in [5.41, 5.74) is 1.77. The van der Waals surface area contributed by atoms with Crippen molar-refractivity contribution in [3.63, 3.8) is 0 Å². The Labute approximate surface area is 118 Å². The van der Waals surface area contributed by atoms with Crippen molar-refractivity contribution in [2.24, 2.45) is 0 Å². The average molecular weight is 332 g/mol. The van der Waals surface area contributed by atoms with E-state index in [-0.39, 0.29) is 0 Å². The van der Waals surface area contributed by atoms with E-state index in [0.29, 0.717) is 10.0 Å². The molecule has 0 unspecified atom stereocenters. The molecule has 2 aromatic rings. The van der Waals surface area contributed by atoms with Crippen molar-refractivity contribution in [2.75, 3.05) is 7.11 Å². The van der Waals surface area contributed by atoms with Crippen LogP contribution < -0.4 is 4.74 Å². The van der Waals surface area contributed by atoms with Crippen molar-refractivity contribution in [3.8, 4) is 16.9 Å². The molecule has 0 heterocycles. The van der Waals surface area contributed by atoms with Gasteiger partial charge in [-0.3, -0.25) is 0 Å². The van der Waals surface area contributed by atoms with Crippen LogP contribution in [-0.2, 0) is 0 Å². The molecule has 4 heteroatoms. The molecule has 0 aromatic heterocycles. The number of halogens is 3. The van der Waals surface area contributed by atoms with Crippen LogP contribution in [-0.4, -0.2) is 7.11 Å². The van der Waals surface area contributed by atoms with E-state index in [1.807, 2.05) is 30.3 Å². The molecule has 0 aliphatic carbocycles. The van der Waals surface area contributed by atoms with Gasteiger partial charge >= 0.3 is 0 Å². The van der Waals surface area contributed by atoms with Gasteiger partial charge in [0, 0.05) is 20.6 Å². The van der Waals surface area contributed by atoms with E-state index >= 15 is 0 Å². The van der Waals surface area contributed by atoms with Crippen molar-refractivity contribution >= 4 is 39.1 Å². The zero-order valence-electron chi connectivity index (χ0n) is 9.01. The second-order valence-electron chi connectivity index (χ2n) is 3.45. The SMILES string of the molecule is COc1ccc(Cl)cc1-c1cccc(Br)c1Cl. The predicted octanol–water partition coefficient (Wildman–Crippen LogP) is 5.43. The second kappa shape index (κ2) is 5.30. The minimum absolute atomic E-state index is 0.646. The van der Waals surface area contributed by atoms with Crippen LogP contribution in [0.1, 0.15) is 0 Å². The van der Waals surface area contributed by atoms with E-state index in [1.165, 1.54) is 0 Å². The third-order valence-electron chi connectivity index (χ3n) is 2.40. The Morgan fingerprint density at radius 2 is 1.82 bits per heavy atom. The number of hydrogen-bond acceptors (Lipinski definition) is 1. The highest BCUT2D eigenvalue weighted by molar-refractivity contribution is 9.10. The Morgan fingerprint density at radius 3 is 2.53 bits per heavy atom. The van der Waals surface area contributed by atoms with E-state index in [4.69, 9.17) is 27.9 Å². The summed E-state index contributed by atoms with van der Waals surface area (Å²) in [6, 6.07) is 11.2. The fraction of sp³-hybridized carbons (Fsp3) is 0.0769. The van der Waals surface area contributed by atoms with Crippen LogP contribution in [0, 0.1) is 0 Å². The summed E-state index contributed by atoms with van der Waals surface area (Å²) in [5, 5.41) is 1.30. The standard InChI is InChI=1S/C13H9BrCl2O/c1-17-12-6-5-8(15)7-10(12)9-3-2-4-11(14)13(9)16/h2-7H,1H3. The Balaban J connectivity index is 2.67. The van der Waals surface area contributed by atoms with Gasteiger partial charge in [-0.25, -0.2) is 0 Å². The normalized spacial score (nSPS) is 10.4. The van der Waals surface area contributed by atoms with Gasteiger partial charge in [-0.2, -0.15) is 0 Å². The molecular weight excluding hydrogens is 323 g/mol. The number of methoxy groups -OCH3 is 1. The number of hydrogen-bond donors (Lipinski definition) is 0. The Bertz CT molecular complexity index is 555. The second-order valence-corrected chi connectivity index (χ2v) is 5.11. The lowest BCUT2D eigenvalue weighted by Gasteiger charge is -2.11. The third kappa shape index (κ3) is 2.59. The molecule has 2 rings (SSSR count). The molecule has 0 atom stereocenters. The molecule has 0 saturated heterocycles. The molecule has 0 saturated carbocycles. The molecule has 0 aliphatic heterocycles. The number of benzene rings is 2. The first kappa shape index (κ1) is 12.7. The summed E-state index contributed by atoms with van der Waals surface area (Å²) >= 11 is 15.7. The smallest absolute Gasteiger partial charge is 0.126 e. The quantitative estimate of drug-likeness (QED) is 0.712. The molecule has 0 spiro atoms. The van der Waals surface area contributed by atoms with E-state index in [1.54, 1.807) is 13.2 Å². The fourth-order valence-corrected chi connectivity index (χ4v) is 2.37. The first-order chi connectivity index (χ1) is 8.13. The molecule has 0 bridgehead atoms. The maximum atomic E-state index is 6.26. The minimum atomic E-state index is 0.646. The molecule has 88 valence electrons. The molecule has 0 N–H and O–H groups in total. The van der Waals surface area contributed by atoms with Crippen LogP contribution in [0.2, 0.25) is 10.0 Å². The maximum absolute atomic E-state index is 6.26. The molecule has 1 nitrogen and oxygen atoms in total. The van der Waals surface area contributed by atoms with Crippen molar-refractivity contribution in [3.05, 3.63) is 50.9 Å². The summed E-state index contributed by atoms with van der Waals surface area (Å²) in [4.78, 5) is 0. The van der Waals surface area contributed by atoms with Gasteiger partial charge in [0.05, 0.1) is 12.1 Å². The molecule has 0 aliphatic rings. The van der Waals surface area contributed by atoms with Crippen LogP contribution in [0.25, 0.3) is 11.1 Å². The molecule has 0 fully saturated rings. The van der Waals surface area contributed by atoms with E-state index in [0.717, 1.165) is 21.3 Å². The van der Waals surface area contributed by atoms with E-state index < -0.39 is 0 Å². The predicted molar refractivity (Wildman–Crippen MR) is 76.2 cm³/mol. The molecule has 17 heavy (non-hydrogen) atoms. The average Bonchev–Trinajstić information content (AvgIpc) is 2.33. The van der Waals surface area contributed by atoms with Crippen LogP contribution in [0.4, 0.5) is 0 Å². The summed E-state index contributed by atoms with van der Waals surface area (Å²) < 4.78 is 6.16. The molecule has 2 aromatic carbocycles. The lowest BCUT2D eigenvalue weighted by molar-refractivity contribution is 0.416. The highest BCUT2D eigenvalue weighted by Crippen LogP contribution is 2.39. The summed E-state index contributed by atoms with van der Waals surface area (Å²) in [7, 11) is 1.62. The highest BCUT2D eigenvalue weighted by Gasteiger charge is 2.11. The fourth-order valence-electron chi connectivity index (χ4n) is 1.60. The Kier molecular flexibility index (Phi) is 3.97. The first-order valence-corrected chi connectivity index (χ1v) is 6.46.